The van der Waals surface area contributed by atoms with Crippen molar-refractivity contribution >= 4 is 74.9 Å². The van der Waals surface area contributed by atoms with Crippen molar-refractivity contribution in [2.24, 2.45) is 0 Å². The number of nitrogens with zero attached hydrogens (tertiary/aromatic N) is 1. The van der Waals surface area contributed by atoms with Gasteiger partial charge in [0.1, 0.15) is 0 Å². The molecule has 2 heterocycles. The maximum Gasteiger partial charge on any atom is 0.0547 e. The Labute approximate surface area is 206 Å². The maximum atomic E-state index is 2.43. The van der Waals surface area contributed by atoms with Crippen LogP contribution < -0.4 is 0 Å². The number of hydrogen-bond acceptors (Lipinski definition) is 1. The van der Waals surface area contributed by atoms with Gasteiger partial charge in [0.2, 0.25) is 0 Å². The lowest BCUT2D eigenvalue weighted by molar-refractivity contribution is 1.18. The molecule has 0 aliphatic rings. The molecule has 8 rings (SSSR count). The van der Waals surface area contributed by atoms with Gasteiger partial charge < -0.3 is 4.57 Å². The summed E-state index contributed by atoms with van der Waals surface area (Å²) in [6.45, 7) is 2.15. The van der Waals surface area contributed by atoms with E-state index in [-0.39, 0.29) is 0 Å². The Morgan fingerprint density at radius 2 is 1.17 bits per heavy atom. The molecule has 0 N–H and O–H groups in total. The van der Waals surface area contributed by atoms with Crippen molar-refractivity contribution < 1.29 is 0 Å². The lowest BCUT2D eigenvalue weighted by Gasteiger charge is -2.11. The Morgan fingerprint density at radius 1 is 0.486 bits per heavy atom. The van der Waals surface area contributed by atoms with Crippen LogP contribution in [0.5, 0.6) is 0 Å². The monoisotopic (exact) mass is 463 g/mol. The number of aromatic nitrogens is 1. The Hall–Kier alpha value is -4.14. The molecular weight excluding hydrogens is 442 g/mol. The van der Waals surface area contributed by atoms with Gasteiger partial charge in [0.25, 0.3) is 0 Å². The van der Waals surface area contributed by atoms with Gasteiger partial charge in [-0.25, -0.2) is 0 Å². The highest BCUT2D eigenvalue weighted by molar-refractivity contribution is 7.27. The first-order valence-electron chi connectivity index (χ1n) is 12.0. The van der Waals surface area contributed by atoms with E-state index in [1.54, 1.807) is 0 Å². The highest BCUT2D eigenvalue weighted by Crippen LogP contribution is 2.48. The molecule has 0 amide bonds. The zero-order valence-electron chi connectivity index (χ0n) is 19.2. The third kappa shape index (κ3) is 2.52. The molecule has 0 spiro atoms. The number of aryl methyl sites for hydroxylation is 1. The molecule has 8 aromatic rings. The van der Waals surface area contributed by atoms with E-state index in [4.69, 9.17) is 0 Å². The zero-order valence-corrected chi connectivity index (χ0v) is 20.1. The molecule has 0 radical (unpaired) electrons. The number of thiophene rings is 1. The smallest absolute Gasteiger partial charge is 0.0547 e. The summed E-state index contributed by atoms with van der Waals surface area (Å²) in [5.74, 6) is 0. The van der Waals surface area contributed by atoms with Crippen molar-refractivity contribution in [2.45, 2.75) is 6.92 Å². The SMILES string of the molecule is Cc1ccc(-n2c3ccccc3c3c4c(ccc32)c2ccccc2c2sc3ccccc3c24)cc1. The van der Waals surface area contributed by atoms with E-state index in [0.29, 0.717) is 0 Å². The van der Waals surface area contributed by atoms with Crippen LogP contribution in [0.25, 0.3) is 69.2 Å². The minimum Gasteiger partial charge on any atom is -0.309 e. The molecule has 0 unspecified atom stereocenters. The van der Waals surface area contributed by atoms with Gasteiger partial charge in [0.15, 0.2) is 0 Å². The van der Waals surface area contributed by atoms with Crippen LogP contribution >= 0.6 is 11.3 Å². The standard InChI is InChI=1S/C33H21NS/c1-20-14-16-21(17-15-20)34-27-12-6-4-10-25(27)30-28(34)19-18-23-22-8-2-3-9-24(22)33-32(31(23)30)26-11-5-7-13-29(26)35-33/h2-19H,1H3. The topological polar surface area (TPSA) is 4.93 Å². The van der Waals surface area contributed by atoms with Crippen LogP contribution in [-0.2, 0) is 0 Å². The van der Waals surface area contributed by atoms with Crippen molar-refractivity contribution in [3.05, 3.63) is 115 Å². The molecule has 0 atom stereocenters. The number of hydrogen-bond donors (Lipinski definition) is 0. The van der Waals surface area contributed by atoms with Gasteiger partial charge >= 0.3 is 0 Å². The summed E-state index contributed by atoms with van der Waals surface area (Å²) < 4.78 is 5.16. The van der Waals surface area contributed by atoms with Crippen LogP contribution in [0.15, 0.2) is 109 Å². The molecule has 0 aliphatic carbocycles. The summed E-state index contributed by atoms with van der Waals surface area (Å²) in [5.41, 5.74) is 4.99. The fourth-order valence-corrected chi connectivity index (χ4v) is 7.16. The van der Waals surface area contributed by atoms with E-state index in [1.165, 1.54) is 74.8 Å². The molecule has 164 valence electrons. The van der Waals surface area contributed by atoms with Crippen LogP contribution in [0.4, 0.5) is 0 Å². The van der Waals surface area contributed by atoms with Gasteiger partial charge in [0, 0.05) is 47.4 Å². The molecule has 0 fully saturated rings. The van der Waals surface area contributed by atoms with Gasteiger partial charge in [-0.15, -0.1) is 11.3 Å². The minimum absolute atomic E-state index is 1.20. The molecule has 0 bridgehead atoms. The van der Waals surface area contributed by atoms with Crippen molar-refractivity contribution in [1.82, 2.24) is 4.57 Å². The van der Waals surface area contributed by atoms with Crippen LogP contribution in [0.2, 0.25) is 0 Å². The normalized spacial score (nSPS) is 12.1. The third-order valence-corrected chi connectivity index (χ3v) is 8.64. The van der Waals surface area contributed by atoms with Gasteiger partial charge in [-0.3, -0.25) is 0 Å². The molecule has 35 heavy (non-hydrogen) atoms. The van der Waals surface area contributed by atoms with E-state index < -0.39 is 0 Å². The molecular formula is C33H21NS. The average molecular weight is 464 g/mol. The molecule has 0 saturated carbocycles. The van der Waals surface area contributed by atoms with Crippen LogP contribution in [-0.4, -0.2) is 4.57 Å². The summed E-state index contributed by atoms with van der Waals surface area (Å²) in [5, 5.41) is 10.8. The lowest BCUT2D eigenvalue weighted by atomic mass is 9.94. The number of rotatable bonds is 1. The van der Waals surface area contributed by atoms with Crippen LogP contribution in [0.3, 0.4) is 0 Å². The second kappa shape index (κ2) is 6.94. The molecule has 1 nitrogen and oxygen atoms in total. The first kappa shape index (κ1) is 19.2. The van der Waals surface area contributed by atoms with Gasteiger partial charge in [-0.2, -0.15) is 0 Å². The fraction of sp³-hybridized carbons (Fsp3) is 0.0303. The van der Waals surface area contributed by atoms with Crippen molar-refractivity contribution in [3.8, 4) is 5.69 Å². The first-order chi connectivity index (χ1) is 17.3. The van der Waals surface area contributed by atoms with E-state index >= 15 is 0 Å². The summed E-state index contributed by atoms with van der Waals surface area (Å²) >= 11 is 1.92. The van der Waals surface area contributed by atoms with Crippen molar-refractivity contribution in [2.75, 3.05) is 0 Å². The second-order valence-electron chi connectivity index (χ2n) is 9.42. The van der Waals surface area contributed by atoms with Gasteiger partial charge in [-0.05, 0) is 48.0 Å². The van der Waals surface area contributed by atoms with E-state index in [2.05, 4.69) is 121 Å². The maximum absolute atomic E-state index is 2.43. The number of para-hydroxylation sites is 1. The quantitative estimate of drug-likeness (QED) is 0.213. The lowest BCUT2D eigenvalue weighted by Crippen LogP contribution is -1.93. The average Bonchev–Trinajstić information content (AvgIpc) is 3.46. The summed E-state index contributed by atoms with van der Waals surface area (Å²) in [6.07, 6.45) is 0. The molecule has 0 saturated heterocycles. The van der Waals surface area contributed by atoms with Crippen LogP contribution in [0.1, 0.15) is 5.56 Å². The zero-order chi connectivity index (χ0) is 23.1. The Morgan fingerprint density at radius 3 is 2.00 bits per heavy atom. The number of benzene rings is 6. The highest BCUT2D eigenvalue weighted by atomic mass is 32.1. The largest absolute Gasteiger partial charge is 0.309 e. The molecule has 2 aromatic heterocycles. The molecule has 0 aliphatic heterocycles. The van der Waals surface area contributed by atoms with Crippen molar-refractivity contribution in [1.29, 1.82) is 0 Å². The first-order valence-corrected chi connectivity index (χ1v) is 12.9. The van der Waals surface area contributed by atoms with Gasteiger partial charge in [0.05, 0.1) is 11.0 Å². The van der Waals surface area contributed by atoms with Crippen LogP contribution in [0, 0.1) is 6.92 Å². The predicted octanol–water partition coefficient (Wildman–Crippen LogP) is 9.77. The predicted molar refractivity (Wildman–Crippen MR) is 153 cm³/mol. The summed E-state index contributed by atoms with van der Waals surface area (Å²) in [6, 6.07) is 40.2. The third-order valence-electron chi connectivity index (χ3n) is 7.44. The highest BCUT2D eigenvalue weighted by Gasteiger charge is 2.20. The Kier molecular flexibility index (Phi) is 3.81. The van der Waals surface area contributed by atoms with Crippen molar-refractivity contribution in [3.63, 3.8) is 0 Å². The number of fused-ring (bicyclic) bond motifs is 12. The Balaban J connectivity index is 1.71. The van der Waals surface area contributed by atoms with Gasteiger partial charge in [-0.1, -0.05) is 84.4 Å². The Bertz CT molecular complexity index is 2110. The summed E-state index contributed by atoms with van der Waals surface area (Å²) in [4.78, 5) is 0. The van der Waals surface area contributed by atoms with E-state index in [9.17, 15) is 0 Å². The minimum atomic E-state index is 1.20. The van der Waals surface area contributed by atoms with E-state index in [0.717, 1.165) is 0 Å². The van der Waals surface area contributed by atoms with E-state index in [1.807, 2.05) is 11.3 Å². The second-order valence-corrected chi connectivity index (χ2v) is 10.5. The summed E-state index contributed by atoms with van der Waals surface area (Å²) in [7, 11) is 0. The fourth-order valence-electron chi connectivity index (χ4n) is 5.92. The molecule has 2 heteroatoms. The molecule has 6 aromatic carbocycles.